The summed E-state index contributed by atoms with van der Waals surface area (Å²) < 4.78 is 6.20. The molecule has 302 valence electrons. The van der Waals surface area contributed by atoms with Crippen molar-refractivity contribution in [3.05, 3.63) is 27.7 Å². The standard InChI is InChI=1S/C45H71N3O5S/c1-29(2)37-32(49)24-45(20-21-48(23-22-47(10)11)26-30-27-54-28-46-30)19-18-43(8)31(38(37)45)12-13-34-42(7)16-15-35(53-36(50)25-40(3,4)39(51)52)41(5,6)33(42)14-17-44(34,43)9/h27-29,31,33-35H,12-26H2,1-11H3,(H,51,52)/t31-,33?,34?,35+,42+,43-,44-,45-/m1/s1. The molecule has 0 bridgehead atoms. The van der Waals surface area contributed by atoms with Gasteiger partial charge in [-0.2, -0.15) is 0 Å². The van der Waals surface area contributed by atoms with E-state index in [0.717, 1.165) is 76.8 Å². The van der Waals surface area contributed by atoms with E-state index in [1.807, 2.05) is 5.51 Å². The Hall–Kier alpha value is -2.10. The van der Waals surface area contributed by atoms with Gasteiger partial charge in [-0.15, -0.1) is 11.3 Å². The third kappa shape index (κ3) is 6.96. The number of rotatable bonds is 13. The van der Waals surface area contributed by atoms with E-state index in [-0.39, 0.29) is 45.5 Å². The second-order valence-electron chi connectivity index (χ2n) is 21.0. The quantitative estimate of drug-likeness (QED) is 0.199. The Balaban J connectivity index is 1.26. The molecule has 1 aromatic heterocycles. The molecular weight excluding hydrogens is 695 g/mol. The van der Waals surface area contributed by atoms with Crippen LogP contribution in [0, 0.1) is 56.2 Å². The van der Waals surface area contributed by atoms with Crippen LogP contribution in [0.25, 0.3) is 0 Å². The first-order valence-corrected chi connectivity index (χ1v) is 22.0. The minimum atomic E-state index is -1.15. The number of fused-ring (bicyclic) bond motifs is 7. The lowest BCUT2D eigenvalue weighted by molar-refractivity contribution is -0.233. The van der Waals surface area contributed by atoms with Gasteiger partial charge in [0.2, 0.25) is 0 Å². The van der Waals surface area contributed by atoms with Gasteiger partial charge in [0.05, 0.1) is 23.0 Å². The molecule has 5 aliphatic rings. The highest BCUT2D eigenvalue weighted by Crippen LogP contribution is 2.77. The molecule has 1 N–H and O–H groups in total. The zero-order valence-corrected chi connectivity index (χ0v) is 36.3. The molecular formula is C45H71N3O5S. The van der Waals surface area contributed by atoms with Crippen LogP contribution in [0.1, 0.15) is 139 Å². The number of carbonyl (C=O) groups is 3. The van der Waals surface area contributed by atoms with Crippen LogP contribution in [0.5, 0.6) is 0 Å². The number of carboxylic acid groups (broad SMARTS) is 1. The van der Waals surface area contributed by atoms with E-state index in [4.69, 9.17) is 4.74 Å². The van der Waals surface area contributed by atoms with Crippen molar-refractivity contribution in [3.8, 4) is 0 Å². The fraction of sp³-hybridized carbons (Fsp3) is 0.822. The van der Waals surface area contributed by atoms with Crippen LogP contribution < -0.4 is 0 Å². The Kier molecular flexibility index (Phi) is 11.3. The van der Waals surface area contributed by atoms with Crippen molar-refractivity contribution in [2.75, 3.05) is 33.7 Å². The van der Waals surface area contributed by atoms with E-state index in [2.05, 4.69) is 82.7 Å². The van der Waals surface area contributed by atoms with Crippen LogP contribution in [-0.2, 0) is 25.7 Å². The average molecular weight is 766 g/mol. The SMILES string of the molecule is CC(C)C1=C2[C@H]3CCC4[C@@]5(C)CC[C@H](OC(=O)CC(C)(C)C(=O)O)C(C)(C)C5CC[C@@]4(C)[C@]3(C)CC[C@@]2(CCN(CCN(C)C)Cc2cscn2)CC1=O. The minimum Gasteiger partial charge on any atom is -0.481 e. The molecule has 0 saturated heterocycles. The summed E-state index contributed by atoms with van der Waals surface area (Å²) >= 11 is 1.66. The molecule has 9 heteroatoms. The molecule has 0 aliphatic heterocycles. The van der Waals surface area contributed by atoms with Crippen molar-refractivity contribution in [1.82, 2.24) is 14.8 Å². The molecule has 5 aliphatic carbocycles. The van der Waals surface area contributed by atoms with Gasteiger partial charge >= 0.3 is 11.9 Å². The first-order chi connectivity index (χ1) is 25.1. The number of hydrogen-bond donors (Lipinski definition) is 1. The second-order valence-corrected chi connectivity index (χ2v) is 21.7. The molecule has 1 aromatic rings. The maximum atomic E-state index is 14.2. The number of hydrogen-bond acceptors (Lipinski definition) is 8. The van der Waals surface area contributed by atoms with E-state index in [1.54, 1.807) is 30.8 Å². The van der Waals surface area contributed by atoms with Crippen molar-refractivity contribution in [2.45, 2.75) is 146 Å². The second kappa shape index (κ2) is 14.7. The predicted molar refractivity (Wildman–Crippen MR) is 216 cm³/mol. The van der Waals surface area contributed by atoms with Crippen LogP contribution in [-0.4, -0.2) is 77.4 Å². The Morgan fingerprint density at radius 3 is 2.31 bits per heavy atom. The summed E-state index contributed by atoms with van der Waals surface area (Å²) in [4.78, 5) is 48.6. The molecule has 4 saturated carbocycles. The topological polar surface area (TPSA) is 100 Å². The number of allylic oxidation sites excluding steroid dienone is 2. The number of likely N-dealkylation sites (N-methyl/N-ethyl adjacent to an activating group) is 1. The molecule has 4 fully saturated rings. The van der Waals surface area contributed by atoms with E-state index in [1.165, 1.54) is 18.4 Å². The molecule has 6 rings (SSSR count). The maximum Gasteiger partial charge on any atom is 0.309 e. The Labute approximate surface area is 330 Å². The van der Waals surface area contributed by atoms with Gasteiger partial charge in [0.1, 0.15) is 6.10 Å². The minimum absolute atomic E-state index is 0.0528. The maximum absolute atomic E-state index is 14.2. The van der Waals surface area contributed by atoms with E-state index >= 15 is 0 Å². The summed E-state index contributed by atoms with van der Waals surface area (Å²) in [6.45, 7) is 24.0. The molecule has 1 heterocycles. The van der Waals surface area contributed by atoms with Crippen molar-refractivity contribution < 1.29 is 24.2 Å². The van der Waals surface area contributed by atoms with Gasteiger partial charge in [-0.1, -0.05) is 54.0 Å². The van der Waals surface area contributed by atoms with Crippen molar-refractivity contribution >= 4 is 29.1 Å². The molecule has 2 unspecified atom stereocenters. The Morgan fingerprint density at radius 2 is 1.69 bits per heavy atom. The lowest BCUT2D eigenvalue weighted by atomic mass is 9.33. The third-order valence-corrected chi connectivity index (χ3v) is 17.2. The number of carbonyl (C=O) groups excluding carboxylic acids is 2. The number of thiazole rings is 1. The van der Waals surface area contributed by atoms with Crippen LogP contribution in [0.4, 0.5) is 0 Å². The van der Waals surface area contributed by atoms with E-state index < -0.39 is 17.4 Å². The molecule has 8 atom stereocenters. The smallest absolute Gasteiger partial charge is 0.309 e. The number of ether oxygens (including phenoxy) is 1. The molecule has 8 nitrogen and oxygen atoms in total. The van der Waals surface area contributed by atoms with E-state index in [9.17, 15) is 19.5 Å². The molecule has 54 heavy (non-hydrogen) atoms. The number of nitrogens with zero attached hydrogens (tertiary/aromatic N) is 3. The van der Waals surface area contributed by atoms with Crippen LogP contribution >= 0.6 is 11.3 Å². The molecule has 0 aromatic carbocycles. The lowest BCUT2D eigenvalue weighted by Crippen LogP contribution is -2.65. The predicted octanol–water partition coefficient (Wildman–Crippen LogP) is 9.29. The number of aromatic nitrogens is 1. The molecule has 0 radical (unpaired) electrons. The van der Waals surface area contributed by atoms with Crippen LogP contribution in [0.2, 0.25) is 0 Å². The van der Waals surface area contributed by atoms with Gasteiger partial charge < -0.3 is 14.7 Å². The highest BCUT2D eigenvalue weighted by Gasteiger charge is 2.70. The largest absolute Gasteiger partial charge is 0.481 e. The average Bonchev–Trinajstić information content (AvgIpc) is 3.69. The fourth-order valence-electron chi connectivity index (χ4n) is 13.4. The lowest BCUT2D eigenvalue weighted by Gasteiger charge is -2.72. The summed E-state index contributed by atoms with van der Waals surface area (Å²) in [7, 11) is 4.29. The summed E-state index contributed by atoms with van der Waals surface area (Å²) in [5, 5.41) is 11.8. The monoisotopic (exact) mass is 766 g/mol. The van der Waals surface area contributed by atoms with Crippen LogP contribution in [0.15, 0.2) is 22.0 Å². The third-order valence-electron chi connectivity index (χ3n) is 16.6. The van der Waals surface area contributed by atoms with Crippen molar-refractivity contribution in [1.29, 1.82) is 0 Å². The normalized spacial score (nSPS) is 36.2. The number of esters is 1. The summed E-state index contributed by atoms with van der Waals surface area (Å²) in [5.74, 6) is 0.662. The van der Waals surface area contributed by atoms with Gasteiger partial charge in [-0.05, 0) is 138 Å². The van der Waals surface area contributed by atoms with Gasteiger partial charge in [0.25, 0.3) is 0 Å². The highest BCUT2D eigenvalue weighted by molar-refractivity contribution is 7.07. The highest BCUT2D eigenvalue weighted by atomic mass is 32.1. The summed E-state index contributed by atoms with van der Waals surface area (Å²) in [5.41, 5.74) is 4.75. The number of Topliss-reactive ketones (excluding diaryl/α,β-unsaturated/α-hetero) is 1. The van der Waals surface area contributed by atoms with Gasteiger partial charge in [-0.25, -0.2) is 4.98 Å². The van der Waals surface area contributed by atoms with Gasteiger partial charge in [0, 0.05) is 42.3 Å². The first kappa shape index (κ1) is 41.5. The molecule has 0 spiro atoms. The van der Waals surface area contributed by atoms with Crippen LogP contribution in [0.3, 0.4) is 0 Å². The number of ketones is 1. The fourth-order valence-corrected chi connectivity index (χ4v) is 14.0. The van der Waals surface area contributed by atoms with Crippen molar-refractivity contribution in [3.63, 3.8) is 0 Å². The Morgan fingerprint density at radius 1 is 0.963 bits per heavy atom. The zero-order valence-electron chi connectivity index (χ0n) is 35.5. The first-order valence-electron chi connectivity index (χ1n) is 21.1. The van der Waals surface area contributed by atoms with Gasteiger partial charge in [0.15, 0.2) is 5.78 Å². The Bertz CT molecular complexity index is 1620. The summed E-state index contributed by atoms with van der Waals surface area (Å²) in [6, 6.07) is 0. The van der Waals surface area contributed by atoms with Gasteiger partial charge in [-0.3, -0.25) is 19.3 Å². The molecule has 0 amide bonds. The van der Waals surface area contributed by atoms with E-state index in [0.29, 0.717) is 30.0 Å². The number of carboxylic acids is 1. The summed E-state index contributed by atoms with van der Waals surface area (Å²) in [6.07, 6.45) is 10.1. The number of aliphatic carboxylic acids is 1. The van der Waals surface area contributed by atoms with Crippen molar-refractivity contribution in [2.24, 2.45) is 56.2 Å². The zero-order chi connectivity index (χ0) is 39.6.